The molecule has 2 N–H and O–H groups in total. The Balaban J connectivity index is 1.40. The first kappa shape index (κ1) is 22.1. The van der Waals surface area contributed by atoms with Gasteiger partial charge in [-0.05, 0) is 43.2 Å². The van der Waals surface area contributed by atoms with Gasteiger partial charge >= 0.3 is 6.03 Å². The second-order valence-electron chi connectivity index (χ2n) is 7.25. The maximum Gasteiger partial charge on any atom is 0.321 e. The first-order valence-corrected chi connectivity index (χ1v) is 11.0. The van der Waals surface area contributed by atoms with Gasteiger partial charge in [0.25, 0.3) is 5.91 Å². The monoisotopic (exact) mass is 477 g/mol. The van der Waals surface area contributed by atoms with Crippen LogP contribution in [0.3, 0.4) is 0 Å². The molecule has 1 aromatic heterocycles. The lowest BCUT2D eigenvalue weighted by Crippen LogP contribution is -2.41. The van der Waals surface area contributed by atoms with Crippen molar-refractivity contribution in [2.24, 2.45) is 0 Å². The molecule has 1 atom stereocenters. The van der Waals surface area contributed by atoms with Crippen molar-refractivity contribution in [3.8, 4) is 0 Å². The number of carbonyl (C=O) groups excluding carboxylic acids is 2. The molecule has 166 valence electrons. The fraction of sp³-hybridized carbons (Fsp3) is 0.238. The Hall–Kier alpha value is -3.11. The Morgan fingerprint density at radius 1 is 1.12 bits per heavy atom. The number of rotatable bonds is 4. The van der Waals surface area contributed by atoms with Gasteiger partial charge in [-0.2, -0.15) is 0 Å². The molecule has 0 aliphatic carbocycles. The maximum atomic E-state index is 13.8. The zero-order valence-electron chi connectivity index (χ0n) is 16.6. The van der Waals surface area contributed by atoms with Crippen LogP contribution in [0, 0.1) is 11.6 Å². The van der Waals surface area contributed by atoms with Crippen LogP contribution in [0.4, 0.5) is 25.0 Å². The Morgan fingerprint density at radius 2 is 1.97 bits per heavy atom. The van der Waals surface area contributed by atoms with Crippen LogP contribution >= 0.6 is 22.9 Å². The van der Waals surface area contributed by atoms with Crippen LogP contribution in [0.15, 0.2) is 42.5 Å². The van der Waals surface area contributed by atoms with Crippen LogP contribution in [0.1, 0.15) is 33.6 Å². The number of piperidine rings is 1. The summed E-state index contributed by atoms with van der Waals surface area (Å²) in [4.78, 5) is 26.6. The highest BCUT2D eigenvalue weighted by molar-refractivity contribution is 7.13. The number of aromatic nitrogens is 2. The first-order valence-electron chi connectivity index (χ1n) is 9.80. The third-order valence-corrected chi connectivity index (χ3v) is 6.26. The molecule has 0 radical (unpaired) electrons. The van der Waals surface area contributed by atoms with E-state index < -0.39 is 23.6 Å². The molecule has 1 aliphatic heterocycles. The summed E-state index contributed by atoms with van der Waals surface area (Å²) >= 11 is 7.09. The SMILES string of the molecule is O=C(Nc1cccc(Cl)c1)c1nnc([C@@H]2CCCN(C(=O)Nc3cc(F)ccc3F)C2)s1. The molecule has 32 heavy (non-hydrogen) atoms. The summed E-state index contributed by atoms with van der Waals surface area (Å²) in [6.45, 7) is 0.799. The van der Waals surface area contributed by atoms with Crippen molar-refractivity contribution >= 4 is 46.3 Å². The molecule has 0 saturated carbocycles. The summed E-state index contributed by atoms with van der Waals surface area (Å²) in [5, 5.41) is 14.6. The highest BCUT2D eigenvalue weighted by Crippen LogP contribution is 2.30. The molecular formula is C21H18ClF2N5O2S. The molecule has 3 aromatic rings. The molecule has 0 spiro atoms. The van der Waals surface area contributed by atoms with E-state index in [1.807, 2.05) is 0 Å². The number of amides is 3. The number of benzene rings is 2. The average Bonchev–Trinajstić information content (AvgIpc) is 3.27. The minimum Gasteiger partial charge on any atom is -0.324 e. The lowest BCUT2D eigenvalue weighted by molar-refractivity contribution is 0.102. The number of likely N-dealkylation sites (tertiary alicyclic amines) is 1. The lowest BCUT2D eigenvalue weighted by atomic mass is 9.99. The smallest absolute Gasteiger partial charge is 0.321 e. The Kier molecular flexibility index (Phi) is 6.61. The molecule has 2 heterocycles. The summed E-state index contributed by atoms with van der Waals surface area (Å²) in [6.07, 6.45) is 1.47. The van der Waals surface area contributed by atoms with Crippen molar-refractivity contribution < 1.29 is 18.4 Å². The minimum atomic E-state index is -0.715. The molecule has 1 saturated heterocycles. The number of nitrogens with zero attached hydrogens (tertiary/aromatic N) is 3. The normalized spacial score (nSPS) is 16.0. The number of halogens is 3. The Morgan fingerprint density at radius 3 is 2.78 bits per heavy atom. The van der Waals surface area contributed by atoms with E-state index in [0.717, 1.165) is 36.0 Å². The van der Waals surface area contributed by atoms with Gasteiger partial charge in [0.05, 0.1) is 5.69 Å². The number of nitrogens with one attached hydrogen (secondary N) is 2. The number of hydrogen-bond acceptors (Lipinski definition) is 5. The van der Waals surface area contributed by atoms with E-state index >= 15 is 0 Å². The molecule has 1 aliphatic rings. The minimum absolute atomic E-state index is 0.114. The van der Waals surface area contributed by atoms with Crippen LogP contribution in [0.5, 0.6) is 0 Å². The van der Waals surface area contributed by atoms with E-state index in [4.69, 9.17) is 11.6 Å². The zero-order valence-corrected chi connectivity index (χ0v) is 18.2. The zero-order chi connectivity index (χ0) is 22.7. The third kappa shape index (κ3) is 5.20. The van der Waals surface area contributed by atoms with Crippen LogP contribution < -0.4 is 10.6 Å². The largest absolute Gasteiger partial charge is 0.324 e. The fourth-order valence-corrected chi connectivity index (χ4v) is 4.45. The first-order chi connectivity index (χ1) is 15.4. The lowest BCUT2D eigenvalue weighted by Gasteiger charge is -2.31. The van der Waals surface area contributed by atoms with Gasteiger partial charge in [0, 0.05) is 35.8 Å². The van der Waals surface area contributed by atoms with Crippen molar-refractivity contribution in [3.63, 3.8) is 0 Å². The van der Waals surface area contributed by atoms with Crippen LogP contribution in [0.2, 0.25) is 5.02 Å². The highest BCUT2D eigenvalue weighted by atomic mass is 35.5. The van der Waals surface area contributed by atoms with Gasteiger partial charge in [-0.3, -0.25) is 4.79 Å². The number of urea groups is 1. The van der Waals surface area contributed by atoms with Gasteiger partial charge in [-0.25, -0.2) is 13.6 Å². The van der Waals surface area contributed by atoms with Crippen molar-refractivity contribution in [1.82, 2.24) is 15.1 Å². The van der Waals surface area contributed by atoms with E-state index in [1.165, 1.54) is 4.90 Å². The van der Waals surface area contributed by atoms with Crippen molar-refractivity contribution in [2.45, 2.75) is 18.8 Å². The van der Waals surface area contributed by atoms with Crippen LogP contribution in [-0.2, 0) is 0 Å². The number of hydrogen-bond donors (Lipinski definition) is 2. The molecule has 0 bridgehead atoms. The van der Waals surface area contributed by atoms with E-state index in [-0.39, 0.29) is 16.6 Å². The molecule has 0 unspecified atom stereocenters. The summed E-state index contributed by atoms with van der Waals surface area (Å²) in [5.41, 5.74) is 0.331. The molecule has 3 amide bonds. The third-order valence-electron chi connectivity index (χ3n) is 4.95. The standard InChI is InChI=1S/C21H18ClF2N5O2S/c22-13-4-1-5-15(9-13)25-18(30)20-28-27-19(32-20)12-3-2-8-29(11-12)21(31)26-17-10-14(23)6-7-16(17)24/h1,4-7,9-10,12H,2-3,8,11H2,(H,25,30)(H,26,31)/t12-/m1/s1. The summed E-state index contributed by atoms with van der Waals surface area (Å²) in [6, 6.07) is 9.12. The quantitative estimate of drug-likeness (QED) is 0.545. The average molecular weight is 478 g/mol. The van der Waals surface area contributed by atoms with Gasteiger partial charge in [-0.1, -0.05) is 29.0 Å². The second kappa shape index (κ2) is 9.58. The predicted octanol–water partition coefficient (Wildman–Crippen LogP) is 5.13. The molecule has 7 nitrogen and oxygen atoms in total. The van der Waals surface area contributed by atoms with Crippen molar-refractivity contribution in [1.29, 1.82) is 0 Å². The van der Waals surface area contributed by atoms with E-state index in [9.17, 15) is 18.4 Å². The van der Waals surface area contributed by atoms with E-state index in [2.05, 4.69) is 20.8 Å². The topological polar surface area (TPSA) is 87.2 Å². The van der Waals surface area contributed by atoms with Gasteiger partial charge in [-0.15, -0.1) is 10.2 Å². The summed E-state index contributed by atoms with van der Waals surface area (Å²) in [7, 11) is 0. The van der Waals surface area contributed by atoms with Gasteiger partial charge < -0.3 is 15.5 Å². The van der Waals surface area contributed by atoms with Crippen LogP contribution in [0.25, 0.3) is 0 Å². The Labute approximate surface area is 191 Å². The fourth-order valence-electron chi connectivity index (χ4n) is 3.39. The molecule has 4 rings (SSSR count). The van der Waals surface area contributed by atoms with Gasteiger partial charge in [0.1, 0.15) is 16.6 Å². The Bertz CT molecular complexity index is 1160. The van der Waals surface area contributed by atoms with E-state index in [1.54, 1.807) is 24.3 Å². The molecule has 1 fully saturated rings. The second-order valence-corrected chi connectivity index (χ2v) is 8.69. The maximum absolute atomic E-state index is 13.8. The molecular weight excluding hydrogens is 460 g/mol. The predicted molar refractivity (Wildman–Crippen MR) is 118 cm³/mol. The van der Waals surface area contributed by atoms with Crippen molar-refractivity contribution in [3.05, 3.63) is 69.1 Å². The molecule has 2 aromatic carbocycles. The number of anilines is 2. The summed E-state index contributed by atoms with van der Waals surface area (Å²) < 4.78 is 27.2. The summed E-state index contributed by atoms with van der Waals surface area (Å²) in [5.74, 6) is -1.87. The van der Waals surface area contributed by atoms with Crippen LogP contribution in [-0.4, -0.2) is 40.1 Å². The number of carbonyl (C=O) groups is 2. The van der Waals surface area contributed by atoms with Crippen molar-refractivity contribution in [2.75, 3.05) is 23.7 Å². The van der Waals surface area contributed by atoms with E-state index in [0.29, 0.717) is 35.2 Å². The van der Waals surface area contributed by atoms with Gasteiger partial charge in [0.2, 0.25) is 5.01 Å². The highest BCUT2D eigenvalue weighted by Gasteiger charge is 2.28. The molecule has 11 heteroatoms. The van der Waals surface area contributed by atoms with Gasteiger partial charge in [0.15, 0.2) is 0 Å².